The fourth-order valence-corrected chi connectivity index (χ4v) is 2.08. The monoisotopic (exact) mass is 266 g/mol. The molecule has 1 heterocycles. The van der Waals surface area contributed by atoms with Gasteiger partial charge in [-0.15, -0.1) is 0 Å². The van der Waals surface area contributed by atoms with Gasteiger partial charge in [0.05, 0.1) is 0 Å². The molecule has 0 amide bonds. The Kier molecular flexibility index (Phi) is 6.64. The zero-order chi connectivity index (χ0) is 14.3. The van der Waals surface area contributed by atoms with E-state index in [4.69, 9.17) is 0 Å². The lowest BCUT2D eigenvalue weighted by Crippen LogP contribution is -2.27. The van der Waals surface area contributed by atoms with Crippen LogP contribution < -0.4 is 5.43 Å². The van der Waals surface area contributed by atoms with Crippen molar-refractivity contribution in [3.05, 3.63) is 28.2 Å². The van der Waals surface area contributed by atoms with Gasteiger partial charge in [-0.2, -0.15) is 0 Å². The second-order valence-electron chi connectivity index (χ2n) is 5.11. The Balaban J connectivity index is 2.76. The molecule has 0 aliphatic heterocycles. The van der Waals surface area contributed by atoms with Crippen LogP contribution in [0.5, 0.6) is 5.75 Å². The first-order chi connectivity index (χ1) is 9.08. The van der Waals surface area contributed by atoms with Gasteiger partial charge in [0, 0.05) is 31.5 Å². The van der Waals surface area contributed by atoms with Crippen molar-refractivity contribution >= 4 is 0 Å². The van der Waals surface area contributed by atoms with Crippen LogP contribution in [-0.2, 0) is 13.6 Å². The highest BCUT2D eigenvalue weighted by atomic mass is 16.3. The number of nitrogens with zero attached hydrogens (tertiary/aromatic N) is 2. The summed E-state index contributed by atoms with van der Waals surface area (Å²) in [6, 6.07) is 1.54. The van der Waals surface area contributed by atoms with Gasteiger partial charge in [-0.3, -0.25) is 9.69 Å². The van der Waals surface area contributed by atoms with Crippen molar-refractivity contribution in [2.45, 2.75) is 46.1 Å². The van der Waals surface area contributed by atoms with Gasteiger partial charge in [0.25, 0.3) is 0 Å². The summed E-state index contributed by atoms with van der Waals surface area (Å²) >= 11 is 0. The number of aryl methyl sites for hydroxylation is 1. The molecule has 0 atom stereocenters. The van der Waals surface area contributed by atoms with E-state index in [-0.39, 0.29) is 11.2 Å². The summed E-state index contributed by atoms with van der Waals surface area (Å²) in [5.41, 5.74) is 0.661. The van der Waals surface area contributed by atoms with Crippen molar-refractivity contribution in [2.75, 3.05) is 13.1 Å². The number of rotatable bonds is 8. The van der Waals surface area contributed by atoms with Gasteiger partial charge >= 0.3 is 0 Å². The fraction of sp³-hybridized carbons (Fsp3) is 0.667. The molecule has 0 saturated carbocycles. The predicted molar refractivity (Wildman–Crippen MR) is 78.4 cm³/mol. The Bertz CT molecular complexity index is 432. The Morgan fingerprint density at radius 1 is 1.21 bits per heavy atom. The normalized spacial score (nSPS) is 11.2. The van der Waals surface area contributed by atoms with E-state index in [2.05, 4.69) is 18.7 Å². The van der Waals surface area contributed by atoms with E-state index >= 15 is 0 Å². The quantitative estimate of drug-likeness (QED) is 0.786. The van der Waals surface area contributed by atoms with Crippen LogP contribution in [0.25, 0.3) is 0 Å². The van der Waals surface area contributed by atoms with E-state index in [9.17, 15) is 9.90 Å². The molecule has 0 spiro atoms. The molecule has 0 radical (unpaired) electrons. The Hall–Kier alpha value is -1.29. The molecule has 0 unspecified atom stereocenters. The van der Waals surface area contributed by atoms with Crippen LogP contribution in [0, 0.1) is 0 Å². The summed E-state index contributed by atoms with van der Waals surface area (Å²) in [5, 5.41) is 9.39. The largest absolute Gasteiger partial charge is 0.503 e. The van der Waals surface area contributed by atoms with E-state index in [1.165, 1.54) is 31.9 Å². The number of aromatic nitrogens is 1. The van der Waals surface area contributed by atoms with Crippen molar-refractivity contribution < 1.29 is 5.11 Å². The summed E-state index contributed by atoms with van der Waals surface area (Å²) in [4.78, 5) is 13.9. The van der Waals surface area contributed by atoms with Crippen LogP contribution in [-0.4, -0.2) is 27.7 Å². The lowest BCUT2D eigenvalue weighted by atomic mass is 10.2. The van der Waals surface area contributed by atoms with Crippen LogP contribution in [0.4, 0.5) is 0 Å². The number of aromatic hydroxyl groups is 1. The van der Waals surface area contributed by atoms with Crippen molar-refractivity contribution in [1.82, 2.24) is 9.47 Å². The number of unbranched alkanes of at least 4 members (excludes halogenated alkanes) is 2. The molecule has 0 aliphatic rings. The van der Waals surface area contributed by atoms with E-state index in [1.54, 1.807) is 6.07 Å². The van der Waals surface area contributed by atoms with Crippen molar-refractivity contribution in [1.29, 1.82) is 0 Å². The number of pyridine rings is 1. The highest BCUT2D eigenvalue weighted by molar-refractivity contribution is 5.20. The Morgan fingerprint density at radius 3 is 2.32 bits per heavy atom. The maximum atomic E-state index is 11.5. The van der Waals surface area contributed by atoms with Crippen LogP contribution in [0.2, 0.25) is 0 Å². The number of hydrogen-bond donors (Lipinski definition) is 1. The molecule has 0 saturated heterocycles. The van der Waals surface area contributed by atoms with Gasteiger partial charge in [-0.1, -0.05) is 26.7 Å². The van der Waals surface area contributed by atoms with Gasteiger partial charge in [0.1, 0.15) is 0 Å². The Labute approximate surface area is 115 Å². The van der Waals surface area contributed by atoms with E-state index in [0.29, 0.717) is 0 Å². The molecule has 1 aromatic rings. The molecule has 0 bridgehead atoms. The van der Waals surface area contributed by atoms with Crippen LogP contribution in [0.3, 0.4) is 0 Å². The minimum absolute atomic E-state index is 0.181. The van der Waals surface area contributed by atoms with E-state index < -0.39 is 0 Å². The van der Waals surface area contributed by atoms with Gasteiger partial charge in [0.15, 0.2) is 5.75 Å². The van der Waals surface area contributed by atoms with Crippen molar-refractivity contribution in [2.24, 2.45) is 7.05 Å². The predicted octanol–water partition coefficient (Wildman–Crippen LogP) is 2.49. The fourth-order valence-electron chi connectivity index (χ4n) is 2.08. The first-order valence-electron chi connectivity index (χ1n) is 7.19. The van der Waals surface area contributed by atoms with Crippen molar-refractivity contribution in [3.63, 3.8) is 0 Å². The van der Waals surface area contributed by atoms with E-state index in [0.717, 1.165) is 25.3 Å². The molecule has 4 heteroatoms. The topological polar surface area (TPSA) is 45.5 Å². The van der Waals surface area contributed by atoms with Gasteiger partial charge in [-0.25, -0.2) is 0 Å². The zero-order valence-electron chi connectivity index (χ0n) is 12.4. The Morgan fingerprint density at radius 2 is 1.79 bits per heavy atom. The third-order valence-electron chi connectivity index (χ3n) is 3.36. The lowest BCUT2D eigenvalue weighted by molar-refractivity contribution is 0.251. The van der Waals surface area contributed by atoms with Gasteiger partial charge in [-0.05, 0) is 25.9 Å². The summed E-state index contributed by atoms with van der Waals surface area (Å²) in [6.07, 6.45) is 6.20. The third kappa shape index (κ3) is 5.07. The molecular formula is C15H26N2O2. The molecule has 1 rings (SSSR count). The standard InChI is InChI=1S/C15H26N2O2/c1-4-6-8-17(9-7-5-2)11-13-10-14(18)15(19)12-16(13)3/h10,12,19H,4-9,11H2,1-3H3. The van der Waals surface area contributed by atoms with Crippen LogP contribution in [0.15, 0.2) is 17.1 Å². The summed E-state index contributed by atoms with van der Waals surface area (Å²) < 4.78 is 1.83. The molecule has 108 valence electrons. The average Bonchev–Trinajstić information content (AvgIpc) is 2.38. The molecular weight excluding hydrogens is 240 g/mol. The van der Waals surface area contributed by atoms with Crippen LogP contribution in [0.1, 0.15) is 45.2 Å². The molecule has 1 aromatic heterocycles. The molecule has 0 aliphatic carbocycles. The first kappa shape index (κ1) is 15.8. The SMILES string of the molecule is CCCCN(CCCC)Cc1cc(=O)c(O)cn1C. The molecule has 4 nitrogen and oxygen atoms in total. The minimum Gasteiger partial charge on any atom is -0.503 e. The summed E-state index contributed by atoms with van der Waals surface area (Å²) in [6.45, 7) is 7.27. The van der Waals surface area contributed by atoms with Gasteiger partial charge < -0.3 is 9.67 Å². The van der Waals surface area contributed by atoms with Crippen LogP contribution >= 0.6 is 0 Å². The molecule has 0 aromatic carbocycles. The number of hydrogen-bond acceptors (Lipinski definition) is 3. The molecule has 1 N–H and O–H groups in total. The molecule has 0 fully saturated rings. The zero-order valence-corrected chi connectivity index (χ0v) is 12.4. The van der Waals surface area contributed by atoms with E-state index in [1.807, 2.05) is 11.6 Å². The summed E-state index contributed by atoms with van der Waals surface area (Å²) in [5.74, 6) is -0.181. The second kappa shape index (κ2) is 8.00. The maximum Gasteiger partial charge on any atom is 0.223 e. The van der Waals surface area contributed by atoms with Crippen molar-refractivity contribution in [3.8, 4) is 5.75 Å². The third-order valence-corrected chi connectivity index (χ3v) is 3.36. The average molecular weight is 266 g/mol. The highest BCUT2D eigenvalue weighted by Crippen LogP contribution is 2.08. The summed E-state index contributed by atoms with van der Waals surface area (Å²) in [7, 11) is 1.87. The molecule has 19 heavy (non-hydrogen) atoms. The maximum absolute atomic E-state index is 11.5. The minimum atomic E-state index is -0.293. The smallest absolute Gasteiger partial charge is 0.223 e. The lowest BCUT2D eigenvalue weighted by Gasteiger charge is -2.23. The first-order valence-corrected chi connectivity index (χ1v) is 7.19. The second-order valence-corrected chi connectivity index (χ2v) is 5.11. The highest BCUT2D eigenvalue weighted by Gasteiger charge is 2.09. The van der Waals surface area contributed by atoms with Gasteiger partial charge in [0.2, 0.25) is 5.43 Å².